The minimum atomic E-state index is -0.429. The van der Waals surface area contributed by atoms with E-state index in [2.05, 4.69) is 48.3 Å². The van der Waals surface area contributed by atoms with Gasteiger partial charge in [0.25, 0.3) is 5.69 Å². The number of rotatable bonds is 8. The van der Waals surface area contributed by atoms with E-state index < -0.39 is 4.92 Å². The molecule has 2 aromatic rings. The fourth-order valence-electron chi connectivity index (χ4n) is 4.21. The largest absolute Gasteiger partial charge is 0.421 e. The van der Waals surface area contributed by atoms with Crippen molar-refractivity contribution < 1.29 is 9.34 Å². The van der Waals surface area contributed by atoms with E-state index in [0.717, 1.165) is 13.0 Å². The molecular formula is C23H28N4O3. The molecule has 1 aromatic carbocycles. The van der Waals surface area contributed by atoms with Gasteiger partial charge in [0.1, 0.15) is 0 Å². The molecule has 1 N–H and O–H groups in total. The Morgan fingerprint density at radius 2 is 2.07 bits per heavy atom. The molecule has 0 amide bonds. The summed E-state index contributed by atoms with van der Waals surface area (Å²) in [6.45, 7) is 8.18. The van der Waals surface area contributed by atoms with E-state index in [0.29, 0.717) is 54.0 Å². The number of non-ortho nitro benzene ring substituents is 1. The molecular weight excluding hydrogens is 380 g/mol. The van der Waals surface area contributed by atoms with E-state index >= 15 is 0 Å². The smallest absolute Gasteiger partial charge is 0.269 e. The highest BCUT2D eigenvalue weighted by Crippen LogP contribution is 2.38. The number of nitrogens with zero attached hydrogens (tertiary/aromatic N) is 3. The summed E-state index contributed by atoms with van der Waals surface area (Å²) in [7, 11) is 0. The molecule has 0 saturated carbocycles. The Balaban J connectivity index is 1.71. The summed E-state index contributed by atoms with van der Waals surface area (Å²) in [5.41, 5.74) is 2.05. The van der Waals surface area contributed by atoms with Gasteiger partial charge in [0, 0.05) is 30.7 Å². The van der Waals surface area contributed by atoms with Crippen LogP contribution in [0.2, 0.25) is 0 Å². The molecule has 30 heavy (non-hydrogen) atoms. The second-order valence-electron chi connectivity index (χ2n) is 8.26. The highest BCUT2D eigenvalue weighted by Gasteiger charge is 2.32. The lowest BCUT2D eigenvalue weighted by atomic mass is 9.70. The number of hydrogen-bond donors (Lipinski definition) is 1. The minimum Gasteiger partial charge on any atom is -0.421 e. The van der Waals surface area contributed by atoms with Crippen molar-refractivity contribution in [1.29, 1.82) is 0 Å². The summed E-state index contributed by atoms with van der Waals surface area (Å²) >= 11 is 0. The highest BCUT2D eigenvalue weighted by atomic mass is 16.6. The monoisotopic (exact) mass is 408 g/mol. The summed E-state index contributed by atoms with van der Waals surface area (Å²) in [5.74, 6) is 5.55. The first-order valence-corrected chi connectivity index (χ1v) is 10.3. The number of terminal acetylenes is 1. The Morgan fingerprint density at radius 1 is 1.33 bits per heavy atom. The Morgan fingerprint density at radius 3 is 2.70 bits per heavy atom. The Hall–Kier alpha value is -2.98. The van der Waals surface area contributed by atoms with Crippen molar-refractivity contribution in [2.24, 2.45) is 23.7 Å². The first kappa shape index (κ1) is 21.7. The molecule has 0 fully saturated rings. The number of nitrogens with one attached hydrogen (secondary N) is 1. The van der Waals surface area contributed by atoms with Crippen LogP contribution >= 0.6 is 0 Å². The van der Waals surface area contributed by atoms with Gasteiger partial charge < -0.3 is 9.73 Å². The lowest BCUT2D eigenvalue weighted by Crippen LogP contribution is -2.35. The van der Waals surface area contributed by atoms with Crippen molar-refractivity contribution in [2.75, 3.05) is 13.1 Å². The summed E-state index contributed by atoms with van der Waals surface area (Å²) in [5, 5.41) is 22.5. The lowest BCUT2D eigenvalue weighted by Gasteiger charge is -2.37. The van der Waals surface area contributed by atoms with E-state index in [1.807, 2.05) is 0 Å². The second-order valence-corrected chi connectivity index (χ2v) is 8.26. The molecule has 0 aliphatic heterocycles. The lowest BCUT2D eigenvalue weighted by molar-refractivity contribution is -0.384. The Bertz CT molecular complexity index is 940. The number of hydrogen-bond acceptors (Lipinski definition) is 6. The predicted octanol–water partition coefficient (Wildman–Crippen LogP) is 4.26. The van der Waals surface area contributed by atoms with Gasteiger partial charge in [-0.2, -0.15) is 0 Å². The zero-order valence-corrected chi connectivity index (χ0v) is 17.7. The van der Waals surface area contributed by atoms with Crippen LogP contribution in [-0.4, -0.2) is 28.2 Å². The molecule has 3 atom stereocenters. The van der Waals surface area contributed by atoms with Crippen LogP contribution in [0.5, 0.6) is 0 Å². The standard InChI is InChI=1S/C23H28N4O3/c1-5-10-24-14-19-11-16(4)18(12-21(19)15(2)3)13-22-25-26-23(30-22)17-6-8-20(9-7-17)27(28)29/h1,6-9,11,15,18-19,21,24H,10,12-14H2,2-4H3/t18-,19-,21-/m0/s1. The Kier molecular flexibility index (Phi) is 7.01. The van der Waals surface area contributed by atoms with E-state index in [1.54, 1.807) is 12.1 Å². The quantitative estimate of drug-likeness (QED) is 0.231. The zero-order valence-electron chi connectivity index (χ0n) is 17.7. The second kappa shape index (κ2) is 9.68. The first-order chi connectivity index (χ1) is 14.4. The van der Waals surface area contributed by atoms with Crippen molar-refractivity contribution in [2.45, 2.75) is 33.6 Å². The maximum absolute atomic E-state index is 10.8. The Labute approximate surface area is 177 Å². The number of aromatic nitrogens is 2. The van der Waals surface area contributed by atoms with E-state index in [9.17, 15) is 10.1 Å². The van der Waals surface area contributed by atoms with Crippen LogP contribution in [0.4, 0.5) is 5.69 Å². The van der Waals surface area contributed by atoms with Crippen LogP contribution in [0.1, 0.15) is 33.1 Å². The van der Waals surface area contributed by atoms with Gasteiger partial charge in [-0.05, 0) is 49.1 Å². The molecule has 0 radical (unpaired) electrons. The summed E-state index contributed by atoms with van der Waals surface area (Å²) in [6.07, 6.45) is 9.49. The molecule has 0 bridgehead atoms. The summed E-state index contributed by atoms with van der Waals surface area (Å²) in [4.78, 5) is 10.4. The van der Waals surface area contributed by atoms with Gasteiger partial charge in [-0.3, -0.25) is 10.1 Å². The van der Waals surface area contributed by atoms with Crippen molar-refractivity contribution in [1.82, 2.24) is 15.5 Å². The average Bonchev–Trinajstić information content (AvgIpc) is 3.18. The maximum Gasteiger partial charge on any atom is 0.269 e. The first-order valence-electron chi connectivity index (χ1n) is 10.3. The fraction of sp³-hybridized carbons (Fsp3) is 0.478. The molecule has 0 saturated heterocycles. The van der Waals surface area contributed by atoms with E-state index in [4.69, 9.17) is 10.8 Å². The molecule has 0 unspecified atom stereocenters. The third-order valence-corrected chi connectivity index (χ3v) is 5.90. The fourth-order valence-corrected chi connectivity index (χ4v) is 4.21. The normalized spacial score (nSPS) is 21.3. The van der Waals surface area contributed by atoms with Crippen LogP contribution in [0.3, 0.4) is 0 Å². The van der Waals surface area contributed by atoms with Crippen LogP contribution in [0, 0.1) is 46.1 Å². The van der Waals surface area contributed by atoms with Crippen LogP contribution in [0.15, 0.2) is 40.3 Å². The molecule has 1 heterocycles. The summed E-state index contributed by atoms with van der Waals surface area (Å²) in [6, 6.07) is 6.14. The molecule has 158 valence electrons. The van der Waals surface area contributed by atoms with Gasteiger partial charge >= 0.3 is 0 Å². The summed E-state index contributed by atoms with van der Waals surface area (Å²) < 4.78 is 5.87. The molecule has 1 aliphatic rings. The molecule has 7 nitrogen and oxygen atoms in total. The number of benzene rings is 1. The molecule has 3 rings (SSSR count). The highest BCUT2D eigenvalue weighted by molar-refractivity contribution is 5.55. The third-order valence-electron chi connectivity index (χ3n) is 5.90. The van der Waals surface area contributed by atoms with Crippen molar-refractivity contribution in [3.05, 3.63) is 51.9 Å². The van der Waals surface area contributed by atoms with Gasteiger partial charge in [0.15, 0.2) is 0 Å². The molecule has 7 heteroatoms. The topological polar surface area (TPSA) is 94.1 Å². The van der Waals surface area contributed by atoms with Gasteiger partial charge in [0.2, 0.25) is 11.8 Å². The van der Waals surface area contributed by atoms with E-state index in [1.165, 1.54) is 17.7 Å². The van der Waals surface area contributed by atoms with E-state index in [-0.39, 0.29) is 5.69 Å². The van der Waals surface area contributed by atoms with Crippen molar-refractivity contribution >= 4 is 5.69 Å². The van der Waals surface area contributed by atoms with Crippen molar-refractivity contribution in [3.8, 4) is 23.8 Å². The van der Waals surface area contributed by atoms with Gasteiger partial charge in [0.05, 0.1) is 11.5 Å². The molecule has 1 aromatic heterocycles. The predicted molar refractivity (Wildman–Crippen MR) is 115 cm³/mol. The zero-order chi connectivity index (χ0) is 21.7. The van der Waals surface area contributed by atoms with Crippen LogP contribution in [-0.2, 0) is 6.42 Å². The number of nitro benzene ring substituents is 1. The average molecular weight is 409 g/mol. The van der Waals surface area contributed by atoms with Gasteiger partial charge in [-0.1, -0.05) is 31.4 Å². The third kappa shape index (κ3) is 5.14. The van der Waals surface area contributed by atoms with Gasteiger partial charge in [-0.15, -0.1) is 16.6 Å². The molecule has 1 aliphatic carbocycles. The number of allylic oxidation sites excluding steroid dienone is 1. The SMILES string of the molecule is C#CCNC[C@@H]1C=C(C)[C@H](Cc2nnc(-c3ccc([N+](=O)[O-])cc3)o2)C[C@H]1C(C)C. The number of nitro groups is 1. The van der Waals surface area contributed by atoms with Gasteiger partial charge in [-0.25, -0.2) is 0 Å². The van der Waals surface area contributed by atoms with Crippen LogP contribution < -0.4 is 5.32 Å². The molecule has 0 spiro atoms. The van der Waals surface area contributed by atoms with Crippen molar-refractivity contribution in [3.63, 3.8) is 0 Å². The van der Waals surface area contributed by atoms with Crippen LogP contribution in [0.25, 0.3) is 11.5 Å². The maximum atomic E-state index is 10.8. The minimum absolute atomic E-state index is 0.0347.